The highest BCUT2D eigenvalue weighted by Gasteiger charge is 2.20. The topological polar surface area (TPSA) is 35.8 Å². The predicted molar refractivity (Wildman–Crippen MR) is 67.4 cm³/mol. The van der Waals surface area contributed by atoms with E-state index in [1.54, 1.807) is 0 Å². The van der Waals surface area contributed by atoms with Crippen LogP contribution in [0.5, 0.6) is 0 Å². The maximum Gasteiger partial charge on any atom is 0.0841 e. The number of nitrogens with zero attached hydrogens (tertiary/aromatic N) is 1. The van der Waals surface area contributed by atoms with Gasteiger partial charge in [-0.05, 0) is 30.5 Å². The van der Waals surface area contributed by atoms with Gasteiger partial charge < -0.3 is 5.32 Å². The Labute approximate surface area is 98.3 Å². The van der Waals surface area contributed by atoms with Crippen molar-refractivity contribution in [2.75, 3.05) is 13.1 Å². The minimum Gasteiger partial charge on any atom is -0.304 e. The van der Waals surface area contributed by atoms with Gasteiger partial charge >= 0.3 is 0 Å². The lowest BCUT2D eigenvalue weighted by Crippen LogP contribution is -2.33. The highest BCUT2D eigenvalue weighted by Crippen LogP contribution is 2.24. The lowest BCUT2D eigenvalue weighted by atomic mass is 9.83. The van der Waals surface area contributed by atoms with E-state index in [2.05, 4.69) is 57.3 Å². The number of nitriles is 1. The van der Waals surface area contributed by atoms with Gasteiger partial charge in [-0.3, -0.25) is 0 Å². The molecule has 0 saturated heterocycles. The quantitative estimate of drug-likeness (QED) is 0.620. The monoisotopic (exact) mass is 216 g/mol. The van der Waals surface area contributed by atoms with E-state index >= 15 is 0 Å². The molecule has 0 bridgehead atoms. The van der Waals surface area contributed by atoms with Crippen LogP contribution in [0.15, 0.2) is 18.2 Å². The Kier molecular flexibility index (Phi) is 4.09. The number of hydrogen-bond donors (Lipinski definition) is 1. The van der Waals surface area contributed by atoms with Crippen molar-refractivity contribution in [3.63, 3.8) is 0 Å². The molecule has 86 valence electrons. The van der Waals surface area contributed by atoms with Crippen molar-refractivity contribution in [2.24, 2.45) is 0 Å². The molecule has 0 fully saturated rings. The van der Waals surface area contributed by atoms with Crippen molar-refractivity contribution in [1.82, 2.24) is 5.32 Å². The first-order chi connectivity index (χ1) is 7.47. The summed E-state index contributed by atoms with van der Waals surface area (Å²) in [6.45, 7) is 9.89. The average Bonchev–Trinajstić information content (AvgIpc) is 2.22. The second kappa shape index (κ2) is 5.14. The molecule has 0 aliphatic rings. The van der Waals surface area contributed by atoms with E-state index in [1.165, 1.54) is 16.7 Å². The van der Waals surface area contributed by atoms with Gasteiger partial charge in [0.2, 0.25) is 0 Å². The van der Waals surface area contributed by atoms with Gasteiger partial charge in [-0.1, -0.05) is 32.0 Å². The summed E-state index contributed by atoms with van der Waals surface area (Å²) in [5, 5.41) is 11.6. The van der Waals surface area contributed by atoms with Crippen molar-refractivity contribution < 1.29 is 0 Å². The highest BCUT2D eigenvalue weighted by molar-refractivity contribution is 5.34. The molecule has 0 heterocycles. The van der Waals surface area contributed by atoms with Crippen LogP contribution in [0, 0.1) is 25.2 Å². The molecule has 0 amide bonds. The zero-order chi connectivity index (χ0) is 12.2. The molecule has 0 aromatic heterocycles. The van der Waals surface area contributed by atoms with Crippen LogP contribution in [0.25, 0.3) is 0 Å². The number of aryl methyl sites for hydroxylation is 2. The van der Waals surface area contributed by atoms with Crippen LogP contribution in [0.2, 0.25) is 0 Å². The van der Waals surface area contributed by atoms with E-state index in [9.17, 15) is 0 Å². The zero-order valence-corrected chi connectivity index (χ0v) is 10.6. The molecule has 1 N–H and O–H groups in total. The van der Waals surface area contributed by atoms with Crippen molar-refractivity contribution in [3.05, 3.63) is 34.9 Å². The van der Waals surface area contributed by atoms with Crippen molar-refractivity contribution >= 4 is 0 Å². The van der Waals surface area contributed by atoms with E-state index in [1.807, 2.05) is 0 Å². The number of nitrogens with one attached hydrogen (secondary N) is 1. The average molecular weight is 216 g/mol. The Morgan fingerprint density at radius 2 is 1.94 bits per heavy atom. The van der Waals surface area contributed by atoms with Crippen molar-refractivity contribution in [2.45, 2.75) is 33.1 Å². The Morgan fingerprint density at radius 1 is 1.25 bits per heavy atom. The normalized spacial score (nSPS) is 11.2. The lowest BCUT2D eigenvalue weighted by molar-refractivity contribution is 0.484. The van der Waals surface area contributed by atoms with Crippen LogP contribution >= 0.6 is 0 Å². The first kappa shape index (κ1) is 12.7. The fourth-order valence-corrected chi connectivity index (χ4v) is 1.70. The summed E-state index contributed by atoms with van der Waals surface area (Å²) in [5.74, 6) is 0. The molecule has 16 heavy (non-hydrogen) atoms. The molecular formula is C14H20N2. The van der Waals surface area contributed by atoms with E-state index in [-0.39, 0.29) is 5.41 Å². The van der Waals surface area contributed by atoms with Crippen LogP contribution in [-0.2, 0) is 5.41 Å². The minimum atomic E-state index is 0.0648. The Hall–Kier alpha value is -1.33. The Bertz CT molecular complexity index is 400. The molecule has 1 aromatic rings. The van der Waals surface area contributed by atoms with Crippen LogP contribution < -0.4 is 5.32 Å². The summed E-state index contributed by atoms with van der Waals surface area (Å²) in [6.07, 6.45) is 0. The summed E-state index contributed by atoms with van der Waals surface area (Å²) in [4.78, 5) is 0. The fourth-order valence-electron chi connectivity index (χ4n) is 1.70. The molecule has 0 saturated carbocycles. The van der Waals surface area contributed by atoms with Gasteiger partial charge in [-0.2, -0.15) is 5.26 Å². The summed E-state index contributed by atoms with van der Waals surface area (Å²) >= 11 is 0. The first-order valence-electron chi connectivity index (χ1n) is 5.63. The van der Waals surface area contributed by atoms with E-state index in [0.29, 0.717) is 6.54 Å². The smallest absolute Gasteiger partial charge is 0.0841 e. The second-order valence-corrected chi connectivity index (χ2v) is 4.94. The van der Waals surface area contributed by atoms with E-state index in [0.717, 1.165) is 6.54 Å². The van der Waals surface area contributed by atoms with Crippen molar-refractivity contribution in [3.8, 4) is 6.07 Å². The Morgan fingerprint density at radius 3 is 2.50 bits per heavy atom. The maximum absolute atomic E-state index is 8.50. The number of hydrogen-bond acceptors (Lipinski definition) is 2. The lowest BCUT2D eigenvalue weighted by Gasteiger charge is -2.26. The molecule has 0 atom stereocenters. The molecule has 0 aliphatic carbocycles. The third kappa shape index (κ3) is 3.08. The third-order valence-corrected chi connectivity index (χ3v) is 3.06. The standard InChI is InChI=1S/C14H20N2/c1-11-5-6-13(9-12(11)2)14(3,4)10-16-8-7-15/h5-6,9,16H,8,10H2,1-4H3. The van der Waals surface area contributed by atoms with Crippen LogP contribution in [0.3, 0.4) is 0 Å². The molecule has 1 rings (SSSR count). The molecule has 0 unspecified atom stereocenters. The summed E-state index contributed by atoms with van der Waals surface area (Å²) < 4.78 is 0. The highest BCUT2D eigenvalue weighted by atomic mass is 14.9. The largest absolute Gasteiger partial charge is 0.304 e. The van der Waals surface area contributed by atoms with Crippen molar-refractivity contribution in [1.29, 1.82) is 5.26 Å². The Balaban J connectivity index is 2.81. The molecule has 0 radical (unpaired) electrons. The minimum absolute atomic E-state index is 0.0648. The molecule has 0 aliphatic heterocycles. The van der Waals surface area contributed by atoms with Gasteiger partial charge in [0.05, 0.1) is 12.6 Å². The van der Waals surface area contributed by atoms with Gasteiger partial charge in [-0.25, -0.2) is 0 Å². The summed E-state index contributed by atoms with van der Waals surface area (Å²) in [5.41, 5.74) is 4.03. The van der Waals surface area contributed by atoms with Gasteiger partial charge in [0.25, 0.3) is 0 Å². The summed E-state index contributed by atoms with van der Waals surface area (Å²) in [7, 11) is 0. The van der Waals surface area contributed by atoms with Crippen LogP contribution in [-0.4, -0.2) is 13.1 Å². The van der Waals surface area contributed by atoms with Crippen LogP contribution in [0.4, 0.5) is 0 Å². The molecule has 2 heteroatoms. The first-order valence-corrected chi connectivity index (χ1v) is 5.63. The SMILES string of the molecule is Cc1ccc(C(C)(C)CNCC#N)cc1C. The van der Waals surface area contributed by atoms with Gasteiger partial charge in [0.1, 0.15) is 0 Å². The zero-order valence-electron chi connectivity index (χ0n) is 10.6. The molecule has 2 nitrogen and oxygen atoms in total. The third-order valence-electron chi connectivity index (χ3n) is 3.06. The van der Waals surface area contributed by atoms with Gasteiger partial charge in [0, 0.05) is 12.0 Å². The predicted octanol–water partition coefficient (Wildman–Crippen LogP) is 2.69. The molecule has 1 aromatic carbocycles. The number of benzene rings is 1. The van der Waals surface area contributed by atoms with E-state index < -0.39 is 0 Å². The molecular weight excluding hydrogens is 196 g/mol. The number of rotatable bonds is 4. The summed E-state index contributed by atoms with van der Waals surface area (Å²) in [6, 6.07) is 8.68. The fraction of sp³-hybridized carbons (Fsp3) is 0.500. The van der Waals surface area contributed by atoms with Gasteiger partial charge in [0.15, 0.2) is 0 Å². The van der Waals surface area contributed by atoms with E-state index in [4.69, 9.17) is 5.26 Å². The second-order valence-electron chi connectivity index (χ2n) is 4.94. The maximum atomic E-state index is 8.50. The van der Waals surface area contributed by atoms with Gasteiger partial charge in [-0.15, -0.1) is 0 Å². The van der Waals surface area contributed by atoms with Crippen LogP contribution in [0.1, 0.15) is 30.5 Å². The molecule has 0 spiro atoms.